The van der Waals surface area contributed by atoms with Crippen molar-refractivity contribution in [1.29, 1.82) is 0 Å². The fourth-order valence-corrected chi connectivity index (χ4v) is 2.74. The zero-order chi connectivity index (χ0) is 14.7. The van der Waals surface area contributed by atoms with Crippen molar-refractivity contribution < 1.29 is 9.94 Å². The van der Waals surface area contributed by atoms with Gasteiger partial charge < -0.3 is 9.94 Å². The van der Waals surface area contributed by atoms with E-state index in [1.807, 2.05) is 24.3 Å². The summed E-state index contributed by atoms with van der Waals surface area (Å²) in [5.41, 5.74) is 4.69. The molecular weight excluding hydrogens is 262 g/mol. The third kappa shape index (κ3) is 3.07. The van der Waals surface area contributed by atoms with Crippen LogP contribution in [0.5, 0.6) is 5.75 Å². The van der Waals surface area contributed by atoms with Crippen LogP contribution in [0.25, 0.3) is 0 Å². The normalized spacial score (nSPS) is 17.0. The molecule has 0 amide bonds. The topological polar surface area (TPSA) is 41.8 Å². The van der Waals surface area contributed by atoms with Gasteiger partial charge in [-0.3, -0.25) is 0 Å². The zero-order valence-electron chi connectivity index (χ0n) is 12.1. The van der Waals surface area contributed by atoms with Crippen LogP contribution in [0.15, 0.2) is 53.7 Å². The second-order valence-electron chi connectivity index (χ2n) is 5.57. The molecule has 1 unspecified atom stereocenters. The van der Waals surface area contributed by atoms with E-state index in [1.54, 1.807) is 6.92 Å². The molecular formula is C18H19NO2. The van der Waals surface area contributed by atoms with Gasteiger partial charge in [0.1, 0.15) is 5.75 Å². The van der Waals surface area contributed by atoms with E-state index in [4.69, 9.17) is 9.94 Å². The van der Waals surface area contributed by atoms with Crippen LogP contribution in [0.4, 0.5) is 0 Å². The minimum Gasteiger partial charge on any atom is -0.493 e. The second-order valence-corrected chi connectivity index (χ2v) is 5.57. The molecule has 3 rings (SSSR count). The van der Waals surface area contributed by atoms with E-state index in [-0.39, 0.29) is 0 Å². The van der Waals surface area contributed by atoms with Crippen LogP contribution in [0, 0.1) is 0 Å². The van der Waals surface area contributed by atoms with E-state index in [0.717, 1.165) is 24.3 Å². The Morgan fingerprint density at radius 3 is 2.67 bits per heavy atom. The third-order valence-corrected chi connectivity index (χ3v) is 3.97. The second kappa shape index (κ2) is 6.00. The van der Waals surface area contributed by atoms with Crippen molar-refractivity contribution in [3.05, 3.63) is 65.2 Å². The first-order valence-corrected chi connectivity index (χ1v) is 7.23. The molecule has 1 N–H and O–H groups in total. The number of nitrogens with zero attached hydrogens (tertiary/aromatic N) is 1. The molecule has 3 nitrogen and oxygen atoms in total. The molecule has 1 atom stereocenters. The van der Waals surface area contributed by atoms with Crippen molar-refractivity contribution in [2.45, 2.75) is 25.7 Å². The Labute approximate surface area is 124 Å². The van der Waals surface area contributed by atoms with Crippen molar-refractivity contribution in [1.82, 2.24) is 0 Å². The monoisotopic (exact) mass is 281 g/mol. The summed E-state index contributed by atoms with van der Waals surface area (Å²) in [6.07, 6.45) is 1.77. The first-order chi connectivity index (χ1) is 10.3. The maximum absolute atomic E-state index is 8.67. The van der Waals surface area contributed by atoms with Crippen LogP contribution in [-0.2, 0) is 12.8 Å². The van der Waals surface area contributed by atoms with Crippen molar-refractivity contribution in [3.63, 3.8) is 0 Å². The smallest absolute Gasteiger partial charge is 0.119 e. The zero-order valence-corrected chi connectivity index (χ0v) is 12.1. The highest BCUT2D eigenvalue weighted by Crippen LogP contribution is 2.35. The van der Waals surface area contributed by atoms with E-state index in [9.17, 15) is 0 Å². The summed E-state index contributed by atoms with van der Waals surface area (Å²) < 4.78 is 5.87. The highest BCUT2D eigenvalue weighted by molar-refractivity contribution is 5.83. The molecule has 0 aliphatic heterocycles. The van der Waals surface area contributed by atoms with Crippen LogP contribution in [-0.4, -0.2) is 17.5 Å². The lowest BCUT2D eigenvalue weighted by Gasteiger charge is -2.29. The van der Waals surface area contributed by atoms with E-state index < -0.39 is 0 Å². The Morgan fingerprint density at radius 2 is 1.95 bits per heavy atom. The highest BCUT2D eigenvalue weighted by atomic mass is 16.5. The van der Waals surface area contributed by atoms with E-state index >= 15 is 0 Å². The third-order valence-electron chi connectivity index (χ3n) is 3.97. The van der Waals surface area contributed by atoms with E-state index in [1.165, 1.54) is 11.1 Å². The molecule has 3 heteroatoms. The van der Waals surface area contributed by atoms with Gasteiger partial charge in [0.2, 0.25) is 0 Å². The van der Waals surface area contributed by atoms with Gasteiger partial charge >= 0.3 is 0 Å². The highest BCUT2D eigenvalue weighted by Gasteiger charge is 2.25. The molecule has 0 bridgehead atoms. The Hall–Kier alpha value is -2.29. The molecule has 108 valence electrons. The Bertz CT molecular complexity index is 647. The van der Waals surface area contributed by atoms with Gasteiger partial charge in [-0.25, -0.2) is 0 Å². The summed E-state index contributed by atoms with van der Waals surface area (Å²) in [7, 11) is 0. The standard InChI is InChI=1S/C18H19NO2/c1-13(19-20)10-14-6-8-17(9-7-14)21-12-16-11-15-4-2-3-5-18(15)16/h2-9,16,20H,10-12H2,1H3/b19-13-. The van der Waals surface area contributed by atoms with Gasteiger partial charge in [-0.2, -0.15) is 0 Å². The Morgan fingerprint density at radius 1 is 1.19 bits per heavy atom. The van der Waals surface area contributed by atoms with E-state index in [0.29, 0.717) is 18.1 Å². The molecule has 0 heterocycles. The molecule has 0 aromatic heterocycles. The van der Waals surface area contributed by atoms with Gasteiger partial charge in [0.25, 0.3) is 0 Å². The predicted molar refractivity (Wildman–Crippen MR) is 83.4 cm³/mol. The van der Waals surface area contributed by atoms with Crippen molar-refractivity contribution in [3.8, 4) is 5.75 Å². The van der Waals surface area contributed by atoms with Gasteiger partial charge in [-0.05, 0) is 42.2 Å². The molecule has 0 saturated heterocycles. The minimum absolute atomic E-state index is 0.518. The summed E-state index contributed by atoms with van der Waals surface area (Å²) in [5, 5.41) is 11.9. The van der Waals surface area contributed by atoms with Gasteiger partial charge in [-0.1, -0.05) is 41.6 Å². The molecule has 2 aromatic carbocycles. The first kappa shape index (κ1) is 13.7. The Kier molecular flexibility index (Phi) is 3.91. The number of hydrogen-bond donors (Lipinski definition) is 1. The number of ether oxygens (including phenoxy) is 1. The lowest BCUT2D eigenvalue weighted by molar-refractivity contribution is 0.275. The van der Waals surface area contributed by atoms with Crippen molar-refractivity contribution in [2.75, 3.05) is 6.61 Å². The lowest BCUT2D eigenvalue weighted by atomic mass is 9.78. The van der Waals surface area contributed by atoms with Crippen LogP contribution < -0.4 is 4.74 Å². The van der Waals surface area contributed by atoms with Gasteiger partial charge in [0.15, 0.2) is 0 Å². The number of benzene rings is 2. The van der Waals surface area contributed by atoms with Crippen molar-refractivity contribution >= 4 is 5.71 Å². The van der Waals surface area contributed by atoms with Crippen LogP contribution in [0.3, 0.4) is 0 Å². The van der Waals surface area contributed by atoms with Crippen LogP contribution in [0.2, 0.25) is 0 Å². The SMILES string of the molecule is C/C(Cc1ccc(OCC2Cc3ccccc32)cc1)=N/O. The number of oxime groups is 1. The average Bonchev–Trinajstić information content (AvgIpc) is 2.49. The molecule has 0 saturated carbocycles. The summed E-state index contributed by atoms with van der Waals surface area (Å²) >= 11 is 0. The van der Waals surface area contributed by atoms with Gasteiger partial charge in [0, 0.05) is 12.3 Å². The summed E-state index contributed by atoms with van der Waals surface area (Å²) in [6, 6.07) is 16.5. The van der Waals surface area contributed by atoms with Gasteiger partial charge in [-0.15, -0.1) is 0 Å². The Balaban J connectivity index is 1.55. The summed E-state index contributed by atoms with van der Waals surface area (Å²) in [6.45, 7) is 2.53. The fraction of sp³-hybridized carbons (Fsp3) is 0.278. The molecule has 21 heavy (non-hydrogen) atoms. The number of fused-ring (bicyclic) bond motifs is 1. The molecule has 1 aliphatic carbocycles. The van der Waals surface area contributed by atoms with Crippen molar-refractivity contribution in [2.24, 2.45) is 5.16 Å². The molecule has 0 radical (unpaired) electrons. The van der Waals surface area contributed by atoms with Gasteiger partial charge in [0.05, 0.1) is 12.3 Å². The molecule has 2 aromatic rings. The quantitative estimate of drug-likeness (QED) is 0.514. The predicted octanol–water partition coefficient (Wildman–Crippen LogP) is 3.80. The minimum atomic E-state index is 0.518. The molecule has 1 aliphatic rings. The van der Waals surface area contributed by atoms with Crippen LogP contribution in [0.1, 0.15) is 29.5 Å². The fourth-order valence-electron chi connectivity index (χ4n) is 2.74. The molecule has 0 spiro atoms. The largest absolute Gasteiger partial charge is 0.493 e. The number of rotatable bonds is 5. The van der Waals surface area contributed by atoms with Crippen LogP contribution >= 0.6 is 0 Å². The average molecular weight is 281 g/mol. The molecule has 0 fully saturated rings. The maximum Gasteiger partial charge on any atom is 0.119 e. The lowest BCUT2D eigenvalue weighted by Crippen LogP contribution is -2.23. The maximum atomic E-state index is 8.67. The summed E-state index contributed by atoms with van der Waals surface area (Å²) in [5.74, 6) is 1.41. The van der Waals surface area contributed by atoms with E-state index in [2.05, 4.69) is 29.4 Å². The first-order valence-electron chi connectivity index (χ1n) is 7.23. The summed E-state index contributed by atoms with van der Waals surface area (Å²) in [4.78, 5) is 0. The number of hydrogen-bond acceptors (Lipinski definition) is 3.